The van der Waals surface area contributed by atoms with Gasteiger partial charge >= 0.3 is 0 Å². The van der Waals surface area contributed by atoms with Crippen molar-refractivity contribution in [3.63, 3.8) is 0 Å². The summed E-state index contributed by atoms with van der Waals surface area (Å²) >= 11 is 7.14. The van der Waals surface area contributed by atoms with Crippen molar-refractivity contribution in [3.8, 4) is 5.75 Å². The third-order valence-corrected chi connectivity index (χ3v) is 4.01. The zero-order valence-corrected chi connectivity index (χ0v) is 13.6. The molecule has 0 aliphatic rings. The van der Waals surface area contributed by atoms with E-state index in [-0.39, 0.29) is 17.9 Å². The van der Waals surface area contributed by atoms with Gasteiger partial charge in [-0.1, -0.05) is 43.7 Å². The van der Waals surface area contributed by atoms with Crippen molar-refractivity contribution < 1.29 is 9.53 Å². The minimum absolute atomic E-state index is 0.0829. The van der Waals surface area contributed by atoms with Crippen LogP contribution in [0.1, 0.15) is 25.8 Å². The van der Waals surface area contributed by atoms with Gasteiger partial charge in [-0.05, 0) is 24.3 Å². The number of ether oxygens (including phenoxy) is 1. The maximum absolute atomic E-state index is 11.8. The fourth-order valence-electron chi connectivity index (χ4n) is 1.41. The number of hydrogen-bond donors (Lipinski definition) is 1. The summed E-state index contributed by atoms with van der Waals surface area (Å²) in [6.45, 7) is 6.04. The molecule has 1 N–H and O–H groups in total. The molecule has 5 nitrogen and oxygen atoms in total. The highest BCUT2D eigenvalue weighted by molar-refractivity contribution is 7.15. The van der Waals surface area contributed by atoms with E-state index in [1.165, 1.54) is 11.3 Å². The molecule has 0 aliphatic heterocycles. The van der Waals surface area contributed by atoms with Crippen LogP contribution < -0.4 is 10.1 Å². The number of anilines is 1. The quantitative estimate of drug-likeness (QED) is 0.934. The Kier molecular flexibility index (Phi) is 4.80. The molecule has 0 saturated heterocycles. The molecule has 0 spiro atoms. The van der Waals surface area contributed by atoms with Gasteiger partial charge in [0.1, 0.15) is 10.8 Å². The summed E-state index contributed by atoms with van der Waals surface area (Å²) in [5.41, 5.74) is -0.0829. The molecule has 0 atom stereocenters. The summed E-state index contributed by atoms with van der Waals surface area (Å²) in [6.07, 6.45) is 0. The Hall–Kier alpha value is -1.66. The standard InChI is InChI=1S/C14H16ClN3O2S/c1-14(2,3)12-17-18-13(21-12)16-11(19)8-20-10-6-4-9(15)5-7-10/h4-7H,8H2,1-3H3,(H,16,18,19). The summed E-state index contributed by atoms with van der Waals surface area (Å²) in [5, 5.41) is 12.7. The first-order valence-corrected chi connectivity index (χ1v) is 7.56. The molecular weight excluding hydrogens is 310 g/mol. The lowest BCUT2D eigenvalue weighted by Gasteiger charge is -2.12. The van der Waals surface area contributed by atoms with Crippen LogP contribution in [-0.2, 0) is 10.2 Å². The third-order valence-electron chi connectivity index (χ3n) is 2.50. The lowest BCUT2D eigenvalue weighted by atomic mass is 9.98. The van der Waals surface area contributed by atoms with Gasteiger partial charge in [-0.2, -0.15) is 0 Å². The number of aromatic nitrogens is 2. The Labute approximate surface area is 132 Å². The average molecular weight is 326 g/mol. The molecule has 1 aromatic carbocycles. The summed E-state index contributed by atoms with van der Waals surface area (Å²) < 4.78 is 5.35. The Morgan fingerprint density at radius 3 is 2.52 bits per heavy atom. The van der Waals surface area contributed by atoms with Gasteiger partial charge < -0.3 is 4.74 Å². The number of halogens is 1. The van der Waals surface area contributed by atoms with Crippen LogP contribution in [0.25, 0.3) is 0 Å². The molecule has 2 aromatic rings. The normalized spacial score (nSPS) is 11.2. The lowest BCUT2D eigenvalue weighted by Crippen LogP contribution is -2.20. The molecule has 21 heavy (non-hydrogen) atoms. The molecule has 0 unspecified atom stereocenters. The maximum Gasteiger partial charge on any atom is 0.264 e. The van der Waals surface area contributed by atoms with Crippen molar-refractivity contribution in [2.24, 2.45) is 0 Å². The van der Waals surface area contributed by atoms with E-state index >= 15 is 0 Å². The topological polar surface area (TPSA) is 64.1 Å². The first-order chi connectivity index (χ1) is 9.84. The van der Waals surface area contributed by atoms with Gasteiger partial charge in [0.25, 0.3) is 5.91 Å². The van der Waals surface area contributed by atoms with Gasteiger partial charge in [0.05, 0.1) is 0 Å². The van der Waals surface area contributed by atoms with E-state index < -0.39 is 0 Å². The number of nitrogens with zero attached hydrogens (tertiary/aromatic N) is 2. The van der Waals surface area contributed by atoms with Crippen molar-refractivity contribution in [1.82, 2.24) is 10.2 Å². The molecule has 1 amide bonds. The van der Waals surface area contributed by atoms with Crippen molar-refractivity contribution in [2.75, 3.05) is 11.9 Å². The van der Waals surface area contributed by atoms with Crippen molar-refractivity contribution >= 4 is 34.0 Å². The van der Waals surface area contributed by atoms with Gasteiger partial charge in [0.15, 0.2) is 6.61 Å². The highest BCUT2D eigenvalue weighted by atomic mass is 35.5. The highest BCUT2D eigenvalue weighted by Crippen LogP contribution is 2.27. The van der Waals surface area contributed by atoms with Crippen molar-refractivity contribution in [2.45, 2.75) is 26.2 Å². The fraction of sp³-hybridized carbons (Fsp3) is 0.357. The summed E-state index contributed by atoms with van der Waals surface area (Å²) in [5.74, 6) is 0.309. The van der Waals surface area contributed by atoms with Crippen LogP contribution in [0.3, 0.4) is 0 Å². The van der Waals surface area contributed by atoms with Gasteiger partial charge in [0.2, 0.25) is 5.13 Å². The lowest BCUT2D eigenvalue weighted by molar-refractivity contribution is -0.118. The largest absolute Gasteiger partial charge is 0.484 e. The van der Waals surface area contributed by atoms with E-state index in [1.54, 1.807) is 24.3 Å². The minimum atomic E-state index is -0.276. The van der Waals surface area contributed by atoms with Crippen molar-refractivity contribution in [3.05, 3.63) is 34.3 Å². The summed E-state index contributed by atoms with van der Waals surface area (Å²) in [4.78, 5) is 11.8. The maximum atomic E-state index is 11.8. The Morgan fingerprint density at radius 2 is 1.95 bits per heavy atom. The van der Waals surface area contributed by atoms with Gasteiger partial charge in [0, 0.05) is 10.4 Å². The number of nitrogens with one attached hydrogen (secondary N) is 1. The molecule has 2 rings (SSSR count). The van der Waals surface area contributed by atoms with Gasteiger partial charge in [-0.25, -0.2) is 0 Å². The van der Waals surface area contributed by atoms with Gasteiger partial charge in [-0.3, -0.25) is 10.1 Å². The van der Waals surface area contributed by atoms with Crippen LogP contribution in [0.4, 0.5) is 5.13 Å². The van der Waals surface area contributed by atoms with Crippen LogP contribution in [0.15, 0.2) is 24.3 Å². The van der Waals surface area contributed by atoms with E-state index in [4.69, 9.17) is 16.3 Å². The van der Waals surface area contributed by atoms with E-state index in [2.05, 4.69) is 15.5 Å². The second-order valence-electron chi connectivity index (χ2n) is 5.45. The number of hydrogen-bond acceptors (Lipinski definition) is 5. The van der Waals surface area contributed by atoms with E-state index in [1.807, 2.05) is 20.8 Å². The first-order valence-electron chi connectivity index (χ1n) is 6.37. The van der Waals surface area contributed by atoms with Crippen LogP contribution in [0.5, 0.6) is 5.75 Å². The summed E-state index contributed by atoms with van der Waals surface area (Å²) in [6, 6.07) is 6.82. The monoisotopic (exact) mass is 325 g/mol. The second-order valence-corrected chi connectivity index (χ2v) is 6.87. The number of benzene rings is 1. The molecular formula is C14H16ClN3O2S. The van der Waals surface area contributed by atoms with E-state index in [0.717, 1.165) is 5.01 Å². The number of amides is 1. The van der Waals surface area contributed by atoms with Crippen LogP contribution in [0, 0.1) is 0 Å². The van der Waals surface area contributed by atoms with E-state index in [9.17, 15) is 4.79 Å². The molecule has 0 fully saturated rings. The summed E-state index contributed by atoms with van der Waals surface area (Å²) in [7, 11) is 0. The molecule has 1 aromatic heterocycles. The first kappa shape index (κ1) is 15.7. The van der Waals surface area contributed by atoms with Crippen molar-refractivity contribution in [1.29, 1.82) is 0 Å². The smallest absolute Gasteiger partial charge is 0.264 e. The number of carbonyl (C=O) groups is 1. The molecule has 0 aliphatic carbocycles. The van der Waals surface area contributed by atoms with E-state index in [0.29, 0.717) is 15.9 Å². The number of rotatable bonds is 4. The second kappa shape index (κ2) is 6.41. The zero-order valence-electron chi connectivity index (χ0n) is 12.0. The fourth-order valence-corrected chi connectivity index (χ4v) is 2.36. The van der Waals surface area contributed by atoms with Crippen LogP contribution >= 0.6 is 22.9 Å². The van der Waals surface area contributed by atoms with Gasteiger partial charge in [-0.15, -0.1) is 10.2 Å². The molecule has 7 heteroatoms. The predicted molar refractivity (Wildman–Crippen MR) is 84.2 cm³/mol. The third kappa shape index (κ3) is 4.68. The Morgan fingerprint density at radius 1 is 1.29 bits per heavy atom. The SMILES string of the molecule is CC(C)(C)c1nnc(NC(=O)COc2ccc(Cl)cc2)s1. The Bertz CT molecular complexity index is 620. The molecule has 0 radical (unpaired) electrons. The molecule has 0 bridgehead atoms. The minimum Gasteiger partial charge on any atom is -0.484 e. The number of carbonyl (C=O) groups excluding carboxylic acids is 1. The highest BCUT2D eigenvalue weighted by Gasteiger charge is 2.20. The predicted octanol–water partition coefficient (Wildman–Crippen LogP) is 3.51. The van der Waals surface area contributed by atoms with Crippen LogP contribution in [-0.4, -0.2) is 22.7 Å². The molecule has 0 saturated carbocycles. The van der Waals surface area contributed by atoms with Crippen LogP contribution in [0.2, 0.25) is 5.02 Å². The molecule has 1 heterocycles. The zero-order chi connectivity index (χ0) is 15.5. The Balaban J connectivity index is 1.87. The molecule has 112 valence electrons. The average Bonchev–Trinajstić information content (AvgIpc) is 2.86.